The van der Waals surface area contributed by atoms with Gasteiger partial charge in [-0.2, -0.15) is 0 Å². The van der Waals surface area contributed by atoms with Gasteiger partial charge in [-0.3, -0.25) is 4.79 Å². The Morgan fingerprint density at radius 3 is 2.84 bits per heavy atom. The molecule has 0 radical (unpaired) electrons. The number of fused-ring (bicyclic) bond motifs is 4. The van der Waals surface area contributed by atoms with Crippen LogP contribution in [0.1, 0.15) is 27.5 Å². The average molecular weight is 441 g/mol. The van der Waals surface area contributed by atoms with Crippen molar-refractivity contribution in [1.82, 2.24) is 4.98 Å². The van der Waals surface area contributed by atoms with Gasteiger partial charge < -0.3 is 28.9 Å². The molecule has 160 valence electrons. The van der Waals surface area contributed by atoms with Crippen LogP contribution in [0, 0.1) is 6.92 Å². The summed E-state index contributed by atoms with van der Waals surface area (Å²) in [6.07, 6.45) is 1.53. The normalized spacial score (nSPS) is 15.6. The lowest BCUT2D eigenvalue weighted by atomic mass is 10.0. The van der Waals surface area contributed by atoms with Gasteiger partial charge in [-0.15, -0.1) is 11.6 Å². The van der Waals surface area contributed by atoms with Crippen LogP contribution >= 0.6 is 11.6 Å². The predicted molar refractivity (Wildman–Crippen MR) is 119 cm³/mol. The molecule has 0 bridgehead atoms. The number of carbonyl (C=O) groups excluding carboxylic acids is 1. The number of phenolic OH excluding ortho intramolecular Hbond substituents is 1. The summed E-state index contributed by atoms with van der Waals surface area (Å²) < 4.78 is 16.6. The molecule has 2 aromatic carbocycles. The summed E-state index contributed by atoms with van der Waals surface area (Å²) in [6.45, 7) is 2.30. The number of ether oxygens (including phenoxy) is 2. The molecule has 2 N–H and O–H groups in total. The molecule has 8 heteroatoms. The van der Waals surface area contributed by atoms with Crippen LogP contribution < -0.4 is 14.4 Å². The summed E-state index contributed by atoms with van der Waals surface area (Å²) >= 11 is 6.23. The third-order valence-electron chi connectivity index (χ3n) is 6.00. The van der Waals surface area contributed by atoms with E-state index in [2.05, 4.69) is 4.98 Å². The number of aromatic amines is 1. The number of aromatic hydroxyl groups is 1. The second kappa shape index (κ2) is 7.13. The minimum Gasteiger partial charge on any atom is -0.507 e. The van der Waals surface area contributed by atoms with E-state index in [9.17, 15) is 9.90 Å². The molecule has 0 saturated carbocycles. The molecule has 0 aliphatic carbocycles. The highest BCUT2D eigenvalue weighted by atomic mass is 35.5. The molecule has 3 heterocycles. The molecule has 2 aromatic heterocycles. The Labute approximate surface area is 183 Å². The molecule has 0 spiro atoms. The van der Waals surface area contributed by atoms with Crippen LogP contribution in [-0.4, -0.2) is 42.6 Å². The van der Waals surface area contributed by atoms with Crippen molar-refractivity contribution in [2.75, 3.05) is 31.5 Å². The van der Waals surface area contributed by atoms with Crippen molar-refractivity contribution in [2.24, 2.45) is 0 Å². The number of H-pyrrole nitrogens is 1. The maximum Gasteiger partial charge on any atom is 0.274 e. The van der Waals surface area contributed by atoms with Gasteiger partial charge in [-0.25, -0.2) is 0 Å². The van der Waals surface area contributed by atoms with E-state index in [1.807, 2.05) is 13.0 Å². The predicted octanol–water partition coefficient (Wildman–Crippen LogP) is 4.93. The van der Waals surface area contributed by atoms with Gasteiger partial charge >= 0.3 is 0 Å². The smallest absolute Gasteiger partial charge is 0.274 e. The van der Waals surface area contributed by atoms with Gasteiger partial charge in [-0.1, -0.05) is 0 Å². The maximum absolute atomic E-state index is 13.5. The first-order chi connectivity index (χ1) is 15.0. The molecule has 31 heavy (non-hydrogen) atoms. The standard InChI is InChI=1S/C23H21ClN2O5/c1-11-18(29-2)7-12-6-15(25-20(12)21(11)30-3)23(28)26-10-13(9-24)19-16(26)8-17(27)14-4-5-31-22(14)19/h4-8,13,25,27H,9-10H2,1-3H3. The first-order valence-corrected chi connectivity index (χ1v) is 10.4. The van der Waals surface area contributed by atoms with E-state index in [-0.39, 0.29) is 17.6 Å². The molecule has 1 amide bonds. The first kappa shape index (κ1) is 19.6. The second-order valence-electron chi connectivity index (χ2n) is 7.64. The quantitative estimate of drug-likeness (QED) is 0.439. The van der Waals surface area contributed by atoms with Gasteiger partial charge in [0, 0.05) is 40.9 Å². The number of amides is 1. The van der Waals surface area contributed by atoms with Gasteiger partial charge in [0.15, 0.2) is 0 Å². The SMILES string of the molecule is COc1cc2cc(C(=O)N3CC(CCl)c4c3cc(O)c3ccoc43)[nH]c2c(OC)c1C. The van der Waals surface area contributed by atoms with Gasteiger partial charge in [0.25, 0.3) is 5.91 Å². The summed E-state index contributed by atoms with van der Waals surface area (Å²) in [5.74, 6) is 1.37. The van der Waals surface area contributed by atoms with Gasteiger partial charge in [-0.05, 0) is 25.1 Å². The highest BCUT2D eigenvalue weighted by Gasteiger charge is 2.36. The largest absolute Gasteiger partial charge is 0.507 e. The zero-order valence-electron chi connectivity index (χ0n) is 17.3. The maximum atomic E-state index is 13.5. The lowest BCUT2D eigenvalue weighted by Gasteiger charge is -2.17. The van der Waals surface area contributed by atoms with Gasteiger partial charge in [0.1, 0.15) is 28.5 Å². The average Bonchev–Trinajstić information content (AvgIpc) is 3.49. The number of furan rings is 1. The Kier molecular flexibility index (Phi) is 4.51. The molecule has 0 fully saturated rings. The van der Waals surface area contributed by atoms with Crippen molar-refractivity contribution in [3.8, 4) is 17.2 Å². The number of hydrogen-bond donors (Lipinski definition) is 2. The number of alkyl halides is 1. The molecule has 0 saturated heterocycles. The van der Waals surface area contributed by atoms with Crippen LogP contribution in [-0.2, 0) is 0 Å². The summed E-state index contributed by atoms with van der Waals surface area (Å²) in [6, 6.07) is 6.97. The number of aromatic nitrogens is 1. The van der Waals surface area contributed by atoms with Crippen LogP contribution in [0.4, 0.5) is 5.69 Å². The fourth-order valence-corrected chi connectivity index (χ4v) is 4.77. The number of anilines is 1. The zero-order valence-corrected chi connectivity index (χ0v) is 18.0. The lowest BCUT2D eigenvalue weighted by molar-refractivity contribution is 0.0984. The third kappa shape index (κ3) is 2.76. The number of halogens is 1. The second-order valence-corrected chi connectivity index (χ2v) is 7.95. The van der Waals surface area contributed by atoms with Crippen molar-refractivity contribution >= 4 is 45.1 Å². The van der Waals surface area contributed by atoms with Crippen molar-refractivity contribution < 1.29 is 23.8 Å². The van der Waals surface area contributed by atoms with Crippen LogP contribution in [0.5, 0.6) is 17.2 Å². The van der Waals surface area contributed by atoms with Crippen LogP contribution in [0.25, 0.3) is 21.9 Å². The third-order valence-corrected chi connectivity index (χ3v) is 6.37. The highest BCUT2D eigenvalue weighted by molar-refractivity contribution is 6.19. The molecule has 4 aromatic rings. The van der Waals surface area contributed by atoms with Crippen LogP contribution in [0.3, 0.4) is 0 Å². The molecule has 7 nitrogen and oxygen atoms in total. The summed E-state index contributed by atoms with van der Waals surface area (Å²) in [5, 5.41) is 11.9. The lowest BCUT2D eigenvalue weighted by Crippen LogP contribution is -2.30. The Balaban J connectivity index is 1.63. The Morgan fingerprint density at radius 2 is 2.13 bits per heavy atom. The number of rotatable bonds is 4. The number of benzene rings is 2. The van der Waals surface area contributed by atoms with E-state index in [0.29, 0.717) is 46.3 Å². The fraction of sp³-hybridized carbons (Fsp3) is 0.261. The van der Waals surface area contributed by atoms with E-state index in [4.69, 9.17) is 25.5 Å². The number of hydrogen-bond acceptors (Lipinski definition) is 5. The van der Waals surface area contributed by atoms with Crippen LogP contribution in [0.2, 0.25) is 0 Å². The van der Waals surface area contributed by atoms with E-state index >= 15 is 0 Å². The molecule has 1 aliphatic rings. The number of carbonyl (C=O) groups is 1. The van der Waals surface area contributed by atoms with Crippen molar-refractivity contribution in [3.05, 3.63) is 47.3 Å². The topological polar surface area (TPSA) is 87.9 Å². The van der Waals surface area contributed by atoms with E-state index in [1.165, 1.54) is 6.26 Å². The summed E-state index contributed by atoms with van der Waals surface area (Å²) in [5.41, 5.74) is 3.98. The molecular formula is C23H21ClN2O5. The summed E-state index contributed by atoms with van der Waals surface area (Å²) in [4.78, 5) is 18.4. The molecule has 1 unspecified atom stereocenters. The fourth-order valence-electron chi connectivity index (χ4n) is 4.52. The van der Waals surface area contributed by atoms with E-state index in [0.717, 1.165) is 22.0 Å². The van der Waals surface area contributed by atoms with Crippen LogP contribution in [0.15, 0.2) is 34.9 Å². The monoisotopic (exact) mass is 440 g/mol. The summed E-state index contributed by atoms with van der Waals surface area (Å²) in [7, 11) is 3.18. The number of phenols is 1. The Bertz CT molecular complexity index is 1340. The number of nitrogens with one attached hydrogen (secondary N) is 1. The molecule has 5 rings (SSSR count). The zero-order chi connectivity index (χ0) is 21.9. The molecule has 1 atom stereocenters. The van der Waals surface area contributed by atoms with Crippen molar-refractivity contribution in [2.45, 2.75) is 12.8 Å². The Morgan fingerprint density at radius 1 is 1.32 bits per heavy atom. The number of nitrogens with zero attached hydrogens (tertiary/aromatic N) is 1. The molecular weight excluding hydrogens is 420 g/mol. The highest BCUT2D eigenvalue weighted by Crippen LogP contribution is 2.46. The molecule has 1 aliphatic heterocycles. The minimum absolute atomic E-state index is 0.0641. The number of methoxy groups -OCH3 is 2. The van der Waals surface area contributed by atoms with E-state index < -0.39 is 0 Å². The van der Waals surface area contributed by atoms with Crippen molar-refractivity contribution in [3.63, 3.8) is 0 Å². The first-order valence-electron chi connectivity index (χ1n) is 9.83. The Hall–Kier alpha value is -3.32. The minimum atomic E-state index is -0.228. The van der Waals surface area contributed by atoms with E-state index in [1.54, 1.807) is 37.3 Å². The van der Waals surface area contributed by atoms with Gasteiger partial charge in [0.05, 0.1) is 37.1 Å². The van der Waals surface area contributed by atoms with Gasteiger partial charge in [0.2, 0.25) is 0 Å². The van der Waals surface area contributed by atoms with Crippen molar-refractivity contribution in [1.29, 1.82) is 0 Å².